The number of carbonyl (C=O) groups is 3. The van der Waals surface area contributed by atoms with Crippen LogP contribution >= 0.6 is 7.60 Å². The number of hydrogen-bond donors (Lipinski definition) is 1. The molecule has 1 heterocycles. The minimum Gasteiger partial charge on any atom is -0.509 e. The second-order valence-corrected chi connectivity index (χ2v) is 9.42. The molecular weight excluding hydrogens is 437 g/mol. The van der Waals surface area contributed by atoms with Crippen LogP contribution in [0.4, 0.5) is 0 Å². The second kappa shape index (κ2) is 10.9. The number of imide groups is 1. The molecule has 176 valence electrons. The summed E-state index contributed by atoms with van der Waals surface area (Å²) < 4.78 is 29.1. The average Bonchev–Trinajstić information content (AvgIpc) is 2.97. The maximum Gasteiger partial charge on any atom is 0.372 e. The zero-order valence-corrected chi connectivity index (χ0v) is 19.9. The maximum atomic E-state index is 13.5. The number of esters is 1. The normalized spacial score (nSPS) is 15.6. The SMILES string of the molecule is CCOC(=O)/C(=C(/O)C(CC(C)C)N1C(=O)c2ccccc2C1=O)P(=O)(OCC)OCC. The number of fused-ring (bicyclic) bond motifs is 1. The van der Waals surface area contributed by atoms with Gasteiger partial charge in [0.2, 0.25) is 0 Å². The second-order valence-electron chi connectivity index (χ2n) is 7.46. The third-order valence-corrected chi connectivity index (χ3v) is 6.89. The minimum atomic E-state index is -4.32. The molecule has 0 bridgehead atoms. The van der Waals surface area contributed by atoms with Crippen LogP contribution in [0, 0.1) is 5.92 Å². The molecule has 1 atom stereocenters. The van der Waals surface area contributed by atoms with E-state index in [0.29, 0.717) is 0 Å². The minimum absolute atomic E-state index is 0.0598. The van der Waals surface area contributed by atoms with Gasteiger partial charge in [0.25, 0.3) is 11.8 Å². The Morgan fingerprint density at radius 1 is 1.00 bits per heavy atom. The van der Waals surface area contributed by atoms with Gasteiger partial charge < -0.3 is 18.9 Å². The van der Waals surface area contributed by atoms with Gasteiger partial charge in [0.1, 0.15) is 5.76 Å². The Labute approximate surface area is 187 Å². The highest BCUT2D eigenvalue weighted by atomic mass is 31.2. The van der Waals surface area contributed by atoms with Crippen molar-refractivity contribution in [3.63, 3.8) is 0 Å². The third kappa shape index (κ3) is 5.11. The molecule has 0 spiro atoms. The van der Waals surface area contributed by atoms with Crippen LogP contribution in [-0.2, 0) is 23.1 Å². The highest BCUT2D eigenvalue weighted by Crippen LogP contribution is 2.58. The van der Waals surface area contributed by atoms with Gasteiger partial charge in [-0.3, -0.25) is 19.1 Å². The molecule has 0 radical (unpaired) electrons. The first-order valence-electron chi connectivity index (χ1n) is 10.6. The van der Waals surface area contributed by atoms with Gasteiger partial charge in [-0.25, -0.2) is 4.79 Å². The molecule has 32 heavy (non-hydrogen) atoms. The topological polar surface area (TPSA) is 119 Å². The van der Waals surface area contributed by atoms with Crippen molar-refractivity contribution in [3.05, 3.63) is 46.5 Å². The lowest BCUT2D eigenvalue weighted by atomic mass is 10.00. The molecule has 9 nitrogen and oxygen atoms in total. The van der Waals surface area contributed by atoms with Crippen molar-refractivity contribution < 1.29 is 37.8 Å². The monoisotopic (exact) mass is 467 g/mol. The Morgan fingerprint density at radius 3 is 1.91 bits per heavy atom. The van der Waals surface area contributed by atoms with Gasteiger partial charge in [0.05, 0.1) is 37.0 Å². The van der Waals surface area contributed by atoms with Gasteiger partial charge in [0.15, 0.2) is 5.31 Å². The van der Waals surface area contributed by atoms with Gasteiger partial charge in [-0.05, 0) is 45.2 Å². The van der Waals surface area contributed by atoms with Crippen molar-refractivity contribution in [1.29, 1.82) is 0 Å². The summed E-state index contributed by atoms with van der Waals surface area (Å²) in [5, 5.41) is 10.6. The van der Waals surface area contributed by atoms with E-state index in [0.717, 1.165) is 4.90 Å². The summed E-state index contributed by atoms with van der Waals surface area (Å²) in [5.41, 5.74) is 0.379. The lowest BCUT2D eigenvalue weighted by Crippen LogP contribution is -2.42. The Hall–Kier alpha value is -2.48. The van der Waals surface area contributed by atoms with E-state index in [1.54, 1.807) is 32.9 Å². The highest BCUT2D eigenvalue weighted by Gasteiger charge is 2.47. The van der Waals surface area contributed by atoms with E-state index in [9.17, 15) is 24.1 Å². The van der Waals surface area contributed by atoms with Crippen LogP contribution in [0.2, 0.25) is 0 Å². The first-order chi connectivity index (χ1) is 15.1. The fourth-order valence-electron chi connectivity index (χ4n) is 3.50. The molecule has 0 aliphatic carbocycles. The molecule has 2 amide bonds. The molecule has 0 fully saturated rings. The van der Waals surface area contributed by atoms with Crippen LogP contribution in [-0.4, -0.2) is 53.7 Å². The maximum absolute atomic E-state index is 13.5. The summed E-state index contributed by atoms with van der Waals surface area (Å²) >= 11 is 0. The van der Waals surface area contributed by atoms with Crippen LogP contribution in [0.3, 0.4) is 0 Å². The fraction of sp³-hybridized carbons (Fsp3) is 0.500. The number of benzene rings is 1. The molecule has 1 aliphatic rings. The summed E-state index contributed by atoms with van der Waals surface area (Å²) in [6, 6.07) is 5.02. The Kier molecular flexibility index (Phi) is 8.78. The number of carbonyl (C=O) groups excluding carboxylic acids is 3. The molecule has 0 saturated carbocycles. The summed E-state index contributed by atoms with van der Waals surface area (Å²) in [4.78, 5) is 39.9. The molecule has 1 aromatic rings. The average molecular weight is 467 g/mol. The van der Waals surface area contributed by atoms with Crippen LogP contribution in [0.5, 0.6) is 0 Å². The number of amides is 2. The number of aliphatic hydroxyl groups is 1. The number of aliphatic hydroxyl groups excluding tert-OH is 1. The summed E-state index contributed by atoms with van der Waals surface area (Å²) in [5.74, 6) is -3.17. The highest BCUT2D eigenvalue weighted by molar-refractivity contribution is 7.60. The van der Waals surface area contributed by atoms with E-state index in [1.165, 1.54) is 12.1 Å². The van der Waals surface area contributed by atoms with Gasteiger partial charge in [0, 0.05) is 0 Å². The van der Waals surface area contributed by atoms with E-state index in [2.05, 4.69) is 0 Å². The van der Waals surface area contributed by atoms with E-state index in [4.69, 9.17) is 13.8 Å². The number of hydrogen-bond acceptors (Lipinski definition) is 8. The number of ether oxygens (including phenoxy) is 1. The van der Waals surface area contributed by atoms with Crippen LogP contribution in [0.15, 0.2) is 35.3 Å². The Morgan fingerprint density at radius 2 is 1.50 bits per heavy atom. The molecule has 10 heteroatoms. The molecule has 2 rings (SSSR count). The predicted octanol–water partition coefficient (Wildman–Crippen LogP) is 4.30. The molecular formula is C22H30NO8P. The lowest BCUT2D eigenvalue weighted by molar-refractivity contribution is -0.138. The Bertz CT molecular complexity index is 910. The van der Waals surface area contributed by atoms with Crippen molar-refractivity contribution in [1.82, 2.24) is 4.90 Å². The molecule has 1 N–H and O–H groups in total. The van der Waals surface area contributed by atoms with E-state index in [-0.39, 0.29) is 43.3 Å². The fourth-order valence-corrected chi connectivity index (χ4v) is 5.23. The molecule has 1 unspecified atom stereocenters. The molecule has 0 saturated heterocycles. The molecule has 0 aromatic heterocycles. The quantitative estimate of drug-likeness (QED) is 0.168. The van der Waals surface area contributed by atoms with Crippen molar-refractivity contribution in [3.8, 4) is 0 Å². The third-order valence-electron chi connectivity index (χ3n) is 4.73. The van der Waals surface area contributed by atoms with E-state index in [1.807, 2.05) is 13.8 Å². The summed E-state index contributed by atoms with van der Waals surface area (Å²) in [7, 11) is -4.32. The van der Waals surface area contributed by atoms with Gasteiger partial charge in [-0.15, -0.1) is 0 Å². The summed E-state index contributed by atoms with van der Waals surface area (Å²) in [6.45, 7) is 8.11. The van der Waals surface area contributed by atoms with Crippen molar-refractivity contribution in [2.75, 3.05) is 19.8 Å². The predicted molar refractivity (Wildman–Crippen MR) is 117 cm³/mol. The number of rotatable bonds is 11. The lowest BCUT2D eigenvalue weighted by Gasteiger charge is -2.29. The first-order valence-corrected chi connectivity index (χ1v) is 12.1. The van der Waals surface area contributed by atoms with Gasteiger partial charge in [-0.1, -0.05) is 26.0 Å². The van der Waals surface area contributed by atoms with Crippen LogP contribution < -0.4 is 0 Å². The van der Waals surface area contributed by atoms with Crippen LogP contribution in [0.25, 0.3) is 0 Å². The van der Waals surface area contributed by atoms with E-state index < -0.39 is 42.5 Å². The Balaban J connectivity index is 2.71. The largest absolute Gasteiger partial charge is 0.509 e. The van der Waals surface area contributed by atoms with E-state index >= 15 is 0 Å². The molecule has 1 aromatic carbocycles. The van der Waals surface area contributed by atoms with Crippen molar-refractivity contribution in [2.24, 2.45) is 5.92 Å². The standard InChI is InChI=1S/C22H30NO8P/c1-6-29-22(27)19(32(28,30-7-2)31-8-3)18(24)17(13-14(4)5)23-20(25)15-11-9-10-12-16(15)21(23)26/h9-12,14,17,24H,6-8,13H2,1-5H3/b19-18-. The zero-order chi connectivity index (χ0) is 24.1. The van der Waals surface area contributed by atoms with Crippen molar-refractivity contribution >= 4 is 25.4 Å². The smallest absolute Gasteiger partial charge is 0.372 e. The molecule has 1 aliphatic heterocycles. The zero-order valence-electron chi connectivity index (χ0n) is 19.0. The van der Waals surface area contributed by atoms with Gasteiger partial charge in [-0.2, -0.15) is 0 Å². The first kappa shape index (κ1) is 25.8. The number of nitrogens with zero attached hydrogens (tertiary/aromatic N) is 1. The van der Waals surface area contributed by atoms with Gasteiger partial charge >= 0.3 is 13.6 Å². The van der Waals surface area contributed by atoms with Crippen LogP contribution in [0.1, 0.15) is 61.8 Å². The van der Waals surface area contributed by atoms with Crippen molar-refractivity contribution in [2.45, 2.75) is 47.1 Å². The summed E-state index contributed by atoms with van der Waals surface area (Å²) in [6.07, 6.45) is 0.110.